The number of nitrogens with zero attached hydrogens (tertiary/aromatic N) is 3. The molecule has 2 rings (SSSR count). The molecule has 0 unspecified atom stereocenters. The standard InChI is InChI=1S/C11H14N4O2S/c1-14-11(7-8-13-14)18(16,17)15(2)10-6-4-3-5-9(10)12/h3-8H,12H2,1-2H3. The summed E-state index contributed by atoms with van der Waals surface area (Å²) in [6.45, 7) is 0. The molecule has 0 atom stereocenters. The molecule has 0 aliphatic carbocycles. The first-order valence-corrected chi connectivity index (χ1v) is 6.70. The van der Waals surface area contributed by atoms with Crippen LogP contribution in [0.1, 0.15) is 0 Å². The van der Waals surface area contributed by atoms with Crippen LogP contribution in [-0.4, -0.2) is 25.2 Å². The van der Waals surface area contributed by atoms with Gasteiger partial charge < -0.3 is 5.73 Å². The number of sulfonamides is 1. The maximum atomic E-state index is 12.4. The molecule has 0 bridgehead atoms. The summed E-state index contributed by atoms with van der Waals surface area (Å²) in [5, 5.41) is 3.98. The average molecular weight is 266 g/mol. The molecule has 1 heterocycles. The molecule has 18 heavy (non-hydrogen) atoms. The molecule has 7 heteroatoms. The number of hydrogen-bond donors (Lipinski definition) is 1. The van der Waals surface area contributed by atoms with Crippen LogP contribution in [0.2, 0.25) is 0 Å². The van der Waals surface area contributed by atoms with Gasteiger partial charge in [-0.25, -0.2) is 0 Å². The Balaban J connectivity index is 2.50. The van der Waals surface area contributed by atoms with E-state index in [9.17, 15) is 8.42 Å². The van der Waals surface area contributed by atoms with E-state index in [0.717, 1.165) is 4.31 Å². The third-order valence-corrected chi connectivity index (χ3v) is 4.52. The molecule has 2 N–H and O–H groups in total. The maximum Gasteiger partial charge on any atom is 0.281 e. The second kappa shape index (κ2) is 4.34. The zero-order chi connectivity index (χ0) is 13.3. The van der Waals surface area contributed by atoms with Crippen molar-refractivity contribution in [1.29, 1.82) is 0 Å². The summed E-state index contributed by atoms with van der Waals surface area (Å²) in [6.07, 6.45) is 1.44. The van der Waals surface area contributed by atoms with E-state index in [-0.39, 0.29) is 5.03 Å². The van der Waals surface area contributed by atoms with Gasteiger partial charge in [-0.05, 0) is 18.2 Å². The molecule has 0 amide bonds. The van der Waals surface area contributed by atoms with Crippen molar-refractivity contribution in [2.75, 3.05) is 17.1 Å². The lowest BCUT2D eigenvalue weighted by Gasteiger charge is -2.20. The summed E-state index contributed by atoms with van der Waals surface area (Å²) in [5.74, 6) is 0. The van der Waals surface area contributed by atoms with E-state index in [4.69, 9.17) is 5.73 Å². The molecule has 0 saturated heterocycles. The molecule has 0 fully saturated rings. The van der Waals surface area contributed by atoms with Gasteiger partial charge in [-0.2, -0.15) is 13.5 Å². The molecular weight excluding hydrogens is 252 g/mol. The Morgan fingerprint density at radius 1 is 1.28 bits per heavy atom. The quantitative estimate of drug-likeness (QED) is 0.834. The summed E-state index contributed by atoms with van der Waals surface area (Å²) in [6, 6.07) is 8.25. The van der Waals surface area contributed by atoms with Crippen LogP contribution in [-0.2, 0) is 17.1 Å². The van der Waals surface area contributed by atoms with Crippen molar-refractivity contribution in [2.45, 2.75) is 5.03 Å². The van der Waals surface area contributed by atoms with Crippen molar-refractivity contribution in [2.24, 2.45) is 7.05 Å². The molecule has 0 saturated carbocycles. The molecule has 96 valence electrons. The minimum Gasteiger partial charge on any atom is -0.397 e. The van der Waals surface area contributed by atoms with Gasteiger partial charge in [0.1, 0.15) is 0 Å². The molecule has 1 aromatic heterocycles. The summed E-state index contributed by atoms with van der Waals surface area (Å²) in [5.41, 5.74) is 6.63. The van der Waals surface area contributed by atoms with E-state index < -0.39 is 10.0 Å². The Bertz CT molecular complexity index is 663. The Kier molecular flexibility index (Phi) is 3.00. The van der Waals surface area contributed by atoms with E-state index in [0.29, 0.717) is 11.4 Å². The predicted molar refractivity (Wildman–Crippen MR) is 69.7 cm³/mol. The number of benzene rings is 1. The van der Waals surface area contributed by atoms with Crippen LogP contribution in [0.3, 0.4) is 0 Å². The average Bonchev–Trinajstić information content (AvgIpc) is 2.76. The second-order valence-electron chi connectivity index (χ2n) is 3.82. The molecule has 2 aromatic rings. The van der Waals surface area contributed by atoms with Gasteiger partial charge in [0.15, 0.2) is 5.03 Å². The number of nitrogens with two attached hydrogens (primary N) is 1. The van der Waals surface area contributed by atoms with Gasteiger partial charge in [0.25, 0.3) is 10.0 Å². The first kappa shape index (κ1) is 12.4. The van der Waals surface area contributed by atoms with E-state index in [1.165, 1.54) is 24.0 Å². The van der Waals surface area contributed by atoms with E-state index in [1.54, 1.807) is 31.3 Å². The number of rotatable bonds is 3. The van der Waals surface area contributed by atoms with Crippen molar-refractivity contribution >= 4 is 21.4 Å². The highest BCUT2D eigenvalue weighted by Crippen LogP contribution is 2.26. The summed E-state index contributed by atoms with van der Waals surface area (Å²) >= 11 is 0. The summed E-state index contributed by atoms with van der Waals surface area (Å²) in [7, 11) is -0.603. The summed E-state index contributed by atoms with van der Waals surface area (Å²) < 4.78 is 27.2. The number of anilines is 2. The van der Waals surface area contributed by atoms with Crippen molar-refractivity contribution in [3.8, 4) is 0 Å². The van der Waals surface area contributed by atoms with Crippen LogP contribution in [0.4, 0.5) is 11.4 Å². The Morgan fingerprint density at radius 3 is 2.50 bits per heavy atom. The fourth-order valence-corrected chi connectivity index (χ4v) is 2.98. The maximum absolute atomic E-state index is 12.4. The van der Waals surface area contributed by atoms with Crippen LogP contribution < -0.4 is 10.0 Å². The summed E-state index contributed by atoms with van der Waals surface area (Å²) in [4.78, 5) is 0. The highest BCUT2D eigenvalue weighted by atomic mass is 32.2. The number of nitrogen functional groups attached to an aromatic ring is 1. The number of hydrogen-bond acceptors (Lipinski definition) is 4. The Labute approximate surface area is 106 Å². The topological polar surface area (TPSA) is 81.2 Å². The minimum absolute atomic E-state index is 0.119. The van der Waals surface area contributed by atoms with E-state index >= 15 is 0 Å². The van der Waals surface area contributed by atoms with Crippen LogP contribution in [0, 0.1) is 0 Å². The molecule has 6 nitrogen and oxygen atoms in total. The lowest BCUT2D eigenvalue weighted by molar-refractivity contribution is 0.575. The molecule has 0 spiro atoms. The first-order valence-electron chi connectivity index (χ1n) is 5.26. The molecule has 0 radical (unpaired) electrons. The first-order chi connectivity index (χ1) is 8.44. The Morgan fingerprint density at radius 2 is 1.94 bits per heavy atom. The van der Waals surface area contributed by atoms with Gasteiger partial charge >= 0.3 is 0 Å². The highest BCUT2D eigenvalue weighted by molar-refractivity contribution is 7.92. The Hall–Kier alpha value is -2.02. The third-order valence-electron chi connectivity index (χ3n) is 2.68. The van der Waals surface area contributed by atoms with Gasteiger partial charge in [0.2, 0.25) is 0 Å². The minimum atomic E-state index is -3.65. The molecule has 1 aromatic carbocycles. The zero-order valence-electron chi connectivity index (χ0n) is 10.1. The largest absolute Gasteiger partial charge is 0.397 e. The van der Waals surface area contributed by atoms with Crippen molar-refractivity contribution in [3.05, 3.63) is 36.5 Å². The monoisotopic (exact) mass is 266 g/mol. The van der Waals surface area contributed by atoms with Crippen LogP contribution >= 0.6 is 0 Å². The van der Waals surface area contributed by atoms with E-state index in [1.807, 2.05) is 0 Å². The lowest BCUT2D eigenvalue weighted by atomic mass is 10.3. The molecule has 0 aliphatic heterocycles. The third kappa shape index (κ3) is 1.92. The zero-order valence-corrected chi connectivity index (χ0v) is 10.9. The van der Waals surface area contributed by atoms with Gasteiger partial charge in [-0.15, -0.1) is 0 Å². The van der Waals surface area contributed by atoms with Gasteiger partial charge in [0, 0.05) is 14.1 Å². The fraction of sp³-hybridized carbons (Fsp3) is 0.182. The lowest BCUT2D eigenvalue weighted by Crippen LogP contribution is -2.29. The van der Waals surface area contributed by atoms with Crippen molar-refractivity contribution < 1.29 is 8.42 Å². The smallest absolute Gasteiger partial charge is 0.281 e. The number of para-hydroxylation sites is 2. The van der Waals surface area contributed by atoms with Crippen LogP contribution in [0.5, 0.6) is 0 Å². The second-order valence-corrected chi connectivity index (χ2v) is 5.74. The number of aromatic nitrogens is 2. The molecule has 0 aliphatic rings. The SMILES string of the molecule is CN(c1ccccc1N)S(=O)(=O)c1ccnn1C. The van der Waals surface area contributed by atoms with Gasteiger partial charge in [0.05, 0.1) is 17.6 Å². The normalized spacial score (nSPS) is 11.4. The predicted octanol–water partition coefficient (Wildman–Crippen LogP) is 0.827. The van der Waals surface area contributed by atoms with Gasteiger partial charge in [-0.3, -0.25) is 8.99 Å². The highest BCUT2D eigenvalue weighted by Gasteiger charge is 2.25. The van der Waals surface area contributed by atoms with Crippen LogP contribution in [0.15, 0.2) is 41.6 Å². The number of aryl methyl sites for hydroxylation is 1. The van der Waals surface area contributed by atoms with Gasteiger partial charge in [-0.1, -0.05) is 12.1 Å². The van der Waals surface area contributed by atoms with Crippen molar-refractivity contribution in [1.82, 2.24) is 9.78 Å². The van der Waals surface area contributed by atoms with Crippen LogP contribution in [0.25, 0.3) is 0 Å². The van der Waals surface area contributed by atoms with Crippen molar-refractivity contribution in [3.63, 3.8) is 0 Å². The molecular formula is C11H14N4O2S. The van der Waals surface area contributed by atoms with E-state index in [2.05, 4.69) is 5.10 Å². The fourth-order valence-electron chi connectivity index (χ4n) is 1.66.